The van der Waals surface area contributed by atoms with Crippen LogP contribution in [0.2, 0.25) is 0 Å². The number of aromatic nitrogens is 3. The number of nitrogens with zero attached hydrogens (tertiary/aromatic N) is 4. The van der Waals surface area contributed by atoms with E-state index in [0.717, 1.165) is 77.4 Å². The van der Waals surface area contributed by atoms with Gasteiger partial charge in [0.2, 0.25) is 0 Å². The zero-order chi connectivity index (χ0) is 24.1. The molecule has 6 rings (SSSR count). The van der Waals surface area contributed by atoms with Crippen molar-refractivity contribution in [3.05, 3.63) is 54.2 Å². The Morgan fingerprint density at radius 1 is 0.857 bits per heavy atom. The number of ether oxygens (including phenoxy) is 2. The molecule has 0 spiro atoms. The first-order chi connectivity index (χ1) is 17.1. The van der Waals surface area contributed by atoms with Crippen LogP contribution in [0.25, 0.3) is 33.7 Å². The SMILES string of the molecule is COc1ccc(-c2nc3c(C)nc(-c4ccc(N5C[C@H]6CNC[C@H]6C5)cc4)cc3n2C)cc1OC. The summed E-state index contributed by atoms with van der Waals surface area (Å²) in [5, 5.41) is 3.52. The van der Waals surface area contributed by atoms with Crippen molar-refractivity contribution >= 4 is 16.7 Å². The fraction of sp³-hybridized carbons (Fsp3) is 0.357. The topological polar surface area (TPSA) is 64.4 Å². The molecular weight excluding hydrogens is 438 g/mol. The fourth-order valence-electron chi connectivity index (χ4n) is 5.63. The van der Waals surface area contributed by atoms with Gasteiger partial charge in [-0.25, -0.2) is 4.98 Å². The highest BCUT2D eigenvalue weighted by Gasteiger charge is 2.36. The molecule has 180 valence electrons. The van der Waals surface area contributed by atoms with Crippen LogP contribution in [0, 0.1) is 18.8 Å². The Morgan fingerprint density at radius 3 is 2.23 bits per heavy atom. The predicted octanol–water partition coefficient (Wildman–Crippen LogP) is 4.28. The summed E-state index contributed by atoms with van der Waals surface area (Å²) in [6.45, 7) is 6.63. The van der Waals surface area contributed by atoms with E-state index in [1.165, 1.54) is 5.69 Å². The van der Waals surface area contributed by atoms with Gasteiger partial charge in [0.25, 0.3) is 0 Å². The molecule has 2 atom stereocenters. The number of aryl methyl sites for hydroxylation is 2. The van der Waals surface area contributed by atoms with Crippen molar-refractivity contribution in [2.75, 3.05) is 45.3 Å². The van der Waals surface area contributed by atoms with E-state index in [4.69, 9.17) is 19.4 Å². The standard InChI is InChI=1S/C28H31N5O2/c1-17-27-24(32(2)28(31-27)19-7-10-25(34-3)26(11-19)35-4)12-23(30-17)18-5-8-22(9-6-18)33-15-20-13-29-14-21(20)16-33/h5-12,20-21,29H,13-16H2,1-4H3/t20-,21+. The van der Waals surface area contributed by atoms with E-state index in [-0.39, 0.29) is 0 Å². The van der Waals surface area contributed by atoms with E-state index in [2.05, 4.69) is 45.1 Å². The molecule has 0 saturated carbocycles. The molecule has 0 amide bonds. The second-order valence-electron chi connectivity index (χ2n) is 9.66. The van der Waals surface area contributed by atoms with Gasteiger partial charge in [0.1, 0.15) is 11.3 Å². The van der Waals surface area contributed by atoms with Crippen molar-refractivity contribution in [1.29, 1.82) is 0 Å². The molecule has 1 N–H and O–H groups in total. The van der Waals surface area contributed by atoms with Gasteiger partial charge in [-0.3, -0.25) is 4.98 Å². The number of nitrogens with one attached hydrogen (secondary N) is 1. The van der Waals surface area contributed by atoms with Crippen LogP contribution in [0.15, 0.2) is 48.5 Å². The Hall–Kier alpha value is -3.58. The summed E-state index contributed by atoms with van der Waals surface area (Å²) in [4.78, 5) is 12.4. The zero-order valence-corrected chi connectivity index (χ0v) is 20.7. The third-order valence-electron chi connectivity index (χ3n) is 7.60. The van der Waals surface area contributed by atoms with E-state index in [1.54, 1.807) is 14.2 Å². The van der Waals surface area contributed by atoms with Crippen molar-refractivity contribution < 1.29 is 9.47 Å². The first-order valence-electron chi connectivity index (χ1n) is 12.2. The van der Waals surface area contributed by atoms with Crippen molar-refractivity contribution in [2.24, 2.45) is 18.9 Å². The number of fused-ring (bicyclic) bond motifs is 2. The van der Waals surface area contributed by atoms with Crippen molar-refractivity contribution in [3.63, 3.8) is 0 Å². The normalized spacial score (nSPS) is 19.4. The van der Waals surface area contributed by atoms with Crippen LogP contribution in [-0.2, 0) is 7.05 Å². The van der Waals surface area contributed by atoms with Crippen LogP contribution < -0.4 is 19.7 Å². The number of methoxy groups -OCH3 is 2. The summed E-state index contributed by atoms with van der Waals surface area (Å²) >= 11 is 0. The van der Waals surface area contributed by atoms with Gasteiger partial charge < -0.3 is 24.3 Å². The van der Waals surface area contributed by atoms with E-state index < -0.39 is 0 Å². The molecule has 0 unspecified atom stereocenters. The molecule has 4 heterocycles. The quantitative estimate of drug-likeness (QED) is 0.471. The third-order valence-corrected chi connectivity index (χ3v) is 7.60. The zero-order valence-electron chi connectivity index (χ0n) is 20.7. The molecule has 2 aromatic heterocycles. The van der Waals surface area contributed by atoms with Gasteiger partial charge in [0, 0.05) is 50.0 Å². The van der Waals surface area contributed by atoms with Gasteiger partial charge in [-0.05, 0) is 55.2 Å². The molecular formula is C28H31N5O2. The highest BCUT2D eigenvalue weighted by Crippen LogP contribution is 2.35. The number of imidazole rings is 1. The molecule has 2 aliphatic rings. The van der Waals surface area contributed by atoms with Gasteiger partial charge in [-0.1, -0.05) is 12.1 Å². The van der Waals surface area contributed by atoms with Crippen LogP contribution in [0.5, 0.6) is 11.5 Å². The van der Waals surface area contributed by atoms with E-state index in [1.807, 2.05) is 32.2 Å². The van der Waals surface area contributed by atoms with Crippen molar-refractivity contribution in [1.82, 2.24) is 19.9 Å². The average molecular weight is 470 g/mol. The van der Waals surface area contributed by atoms with Crippen LogP contribution in [0.4, 0.5) is 5.69 Å². The lowest BCUT2D eigenvalue weighted by atomic mass is 10.0. The van der Waals surface area contributed by atoms with Crippen LogP contribution >= 0.6 is 0 Å². The molecule has 7 heteroatoms. The molecule has 2 aromatic carbocycles. The average Bonchev–Trinajstić information content (AvgIpc) is 3.58. The fourth-order valence-corrected chi connectivity index (χ4v) is 5.63. The molecule has 2 aliphatic heterocycles. The minimum atomic E-state index is 0.686. The van der Waals surface area contributed by atoms with E-state index in [9.17, 15) is 0 Å². The Balaban J connectivity index is 1.33. The number of anilines is 1. The summed E-state index contributed by atoms with van der Waals surface area (Å²) in [7, 11) is 5.34. The number of hydrogen-bond donors (Lipinski definition) is 1. The monoisotopic (exact) mass is 469 g/mol. The Bertz CT molecular complexity index is 1380. The van der Waals surface area contributed by atoms with Gasteiger partial charge in [0.15, 0.2) is 11.5 Å². The largest absolute Gasteiger partial charge is 0.493 e. The van der Waals surface area contributed by atoms with Gasteiger partial charge in [0.05, 0.1) is 31.1 Å². The molecule has 0 bridgehead atoms. The van der Waals surface area contributed by atoms with E-state index in [0.29, 0.717) is 11.5 Å². The minimum absolute atomic E-state index is 0.686. The maximum atomic E-state index is 5.50. The van der Waals surface area contributed by atoms with Gasteiger partial charge in [-0.15, -0.1) is 0 Å². The van der Waals surface area contributed by atoms with Crippen molar-refractivity contribution in [2.45, 2.75) is 6.92 Å². The third kappa shape index (κ3) is 3.71. The second-order valence-corrected chi connectivity index (χ2v) is 9.66. The molecule has 2 saturated heterocycles. The lowest BCUT2D eigenvalue weighted by Crippen LogP contribution is -2.25. The molecule has 0 radical (unpaired) electrons. The summed E-state index contributed by atoms with van der Waals surface area (Å²) in [5.41, 5.74) is 7.24. The highest BCUT2D eigenvalue weighted by atomic mass is 16.5. The lowest BCUT2D eigenvalue weighted by molar-refractivity contribution is 0.355. The molecule has 2 fully saturated rings. The Morgan fingerprint density at radius 2 is 1.54 bits per heavy atom. The number of rotatable bonds is 5. The molecule has 0 aliphatic carbocycles. The predicted molar refractivity (Wildman–Crippen MR) is 139 cm³/mol. The summed E-state index contributed by atoms with van der Waals surface area (Å²) in [6.07, 6.45) is 0. The number of hydrogen-bond acceptors (Lipinski definition) is 6. The van der Waals surface area contributed by atoms with Gasteiger partial charge >= 0.3 is 0 Å². The summed E-state index contributed by atoms with van der Waals surface area (Å²) in [6, 6.07) is 16.9. The molecule has 4 aromatic rings. The van der Waals surface area contributed by atoms with Crippen LogP contribution in [-0.4, -0.2) is 54.9 Å². The smallest absolute Gasteiger partial charge is 0.161 e. The van der Waals surface area contributed by atoms with Gasteiger partial charge in [-0.2, -0.15) is 0 Å². The van der Waals surface area contributed by atoms with Crippen LogP contribution in [0.3, 0.4) is 0 Å². The minimum Gasteiger partial charge on any atom is -0.493 e. The lowest BCUT2D eigenvalue weighted by Gasteiger charge is -2.20. The molecule has 7 nitrogen and oxygen atoms in total. The Kier molecular flexibility index (Phi) is 5.37. The van der Waals surface area contributed by atoms with Crippen molar-refractivity contribution in [3.8, 4) is 34.1 Å². The second kappa shape index (κ2) is 8.57. The summed E-state index contributed by atoms with van der Waals surface area (Å²) < 4.78 is 13.0. The number of benzene rings is 2. The first kappa shape index (κ1) is 21.9. The van der Waals surface area contributed by atoms with E-state index >= 15 is 0 Å². The molecule has 35 heavy (non-hydrogen) atoms. The Labute approximate surface area is 205 Å². The maximum absolute atomic E-state index is 5.50. The first-order valence-corrected chi connectivity index (χ1v) is 12.2. The highest BCUT2D eigenvalue weighted by molar-refractivity contribution is 5.86. The maximum Gasteiger partial charge on any atom is 0.161 e. The van der Waals surface area contributed by atoms with Crippen LogP contribution in [0.1, 0.15) is 5.69 Å². The number of pyridine rings is 1. The summed E-state index contributed by atoms with van der Waals surface area (Å²) in [5.74, 6) is 3.82.